The van der Waals surface area contributed by atoms with Gasteiger partial charge in [0.05, 0.1) is 0 Å². The third kappa shape index (κ3) is 4.26. The van der Waals surface area contributed by atoms with Crippen molar-refractivity contribution in [1.82, 2.24) is 4.90 Å². The second-order valence-electron chi connectivity index (χ2n) is 7.25. The maximum atomic E-state index is 12.8. The highest BCUT2D eigenvalue weighted by Crippen LogP contribution is 2.24. The van der Waals surface area contributed by atoms with E-state index in [1.807, 2.05) is 30.0 Å². The molecule has 1 aliphatic heterocycles. The van der Waals surface area contributed by atoms with Gasteiger partial charge in [-0.15, -0.1) is 0 Å². The van der Waals surface area contributed by atoms with E-state index in [2.05, 4.69) is 49.9 Å². The molecule has 1 atom stereocenters. The van der Waals surface area contributed by atoms with Crippen molar-refractivity contribution >= 4 is 11.6 Å². The number of hydrogen-bond donors (Lipinski definition) is 0. The summed E-state index contributed by atoms with van der Waals surface area (Å²) in [5.41, 5.74) is 5.05. The molecule has 27 heavy (non-hydrogen) atoms. The number of anilines is 1. The zero-order chi connectivity index (χ0) is 19.4. The summed E-state index contributed by atoms with van der Waals surface area (Å²) in [4.78, 5) is 17.2. The summed E-state index contributed by atoms with van der Waals surface area (Å²) in [6.07, 6.45) is 0.427. The van der Waals surface area contributed by atoms with E-state index in [-0.39, 0.29) is 5.91 Å². The van der Waals surface area contributed by atoms with Gasteiger partial charge in [-0.1, -0.05) is 37.3 Å². The Morgan fingerprint density at radius 3 is 2.44 bits per heavy atom. The minimum atomic E-state index is -0.468. The molecule has 0 unspecified atom stereocenters. The zero-order valence-electron chi connectivity index (χ0n) is 16.9. The molecule has 0 aliphatic carbocycles. The van der Waals surface area contributed by atoms with Gasteiger partial charge in [0.1, 0.15) is 5.75 Å². The second kappa shape index (κ2) is 8.47. The molecule has 0 spiro atoms. The number of benzene rings is 2. The van der Waals surface area contributed by atoms with Crippen molar-refractivity contribution in [2.24, 2.45) is 0 Å². The van der Waals surface area contributed by atoms with Gasteiger partial charge in [0.15, 0.2) is 6.10 Å². The first-order chi connectivity index (χ1) is 13.0. The van der Waals surface area contributed by atoms with Crippen LogP contribution in [-0.2, 0) is 11.2 Å². The van der Waals surface area contributed by atoms with Crippen LogP contribution in [-0.4, -0.2) is 43.1 Å². The van der Waals surface area contributed by atoms with Gasteiger partial charge >= 0.3 is 0 Å². The standard InChI is InChI=1S/C23H30N2O2/c1-5-20-10-6-7-12-22(20)27-19(4)23(26)25-15-13-24(14-16-25)21-11-8-9-17(2)18(21)3/h6-12,19H,5,13-16H2,1-4H3/t19-/m1/s1. The van der Waals surface area contributed by atoms with Crippen molar-refractivity contribution in [2.45, 2.75) is 40.2 Å². The highest BCUT2D eigenvalue weighted by atomic mass is 16.5. The Labute approximate surface area is 162 Å². The largest absolute Gasteiger partial charge is 0.481 e. The average Bonchev–Trinajstić information content (AvgIpc) is 2.70. The molecule has 1 fully saturated rings. The molecule has 0 bridgehead atoms. The molecule has 144 valence electrons. The number of aryl methyl sites for hydroxylation is 2. The average molecular weight is 367 g/mol. The molecular formula is C23H30N2O2. The molecule has 2 aromatic carbocycles. The summed E-state index contributed by atoms with van der Waals surface area (Å²) in [6.45, 7) is 11.4. The Kier molecular flexibility index (Phi) is 6.04. The Bertz CT molecular complexity index is 795. The number of piperazine rings is 1. The van der Waals surface area contributed by atoms with Crippen LogP contribution in [0, 0.1) is 13.8 Å². The number of ether oxygens (including phenoxy) is 1. The normalized spacial score (nSPS) is 15.6. The molecule has 0 N–H and O–H groups in total. The fraction of sp³-hybridized carbons (Fsp3) is 0.435. The quantitative estimate of drug-likeness (QED) is 0.802. The molecule has 1 heterocycles. The zero-order valence-corrected chi connectivity index (χ0v) is 16.9. The minimum Gasteiger partial charge on any atom is -0.481 e. The molecule has 4 nitrogen and oxygen atoms in total. The van der Waals surface area contributed by atoms with Gasteiger partial charge in [-0.05, 0) is 56.0 Å². The molecule has 0 aromatic heterocycles. The van der Waals surface area contributed by atoms with Gasteiger partial charge in [0.25, 0.3) is 5.91 Å². The van der Waals surface area contributed by atoms with Gasteiger partial charge < -0.3 is 14.5 Å². The number of rotatable bonds is 5. The van der Waals surface area contributed by atoms with Gasteiger partial charge in [0.2, 0.25) is 0 Å². The lowest BCUT2D eigenvalue weighted by Crippen LogP contribution is -2.52. The first kappa shape index (κ1) is 19.3. The van der Waals surface area contributed by atoms with E-state index in [0.29, 0.717) is 0 Å². The Balaban J connectivity index is 1.60. The fourth-order valence-electron chi connectivity index (χ4n) is 3.65. The van der Waals surface area contributed by atoms with E-state index in [1.165, 1.54) is 16.8 Å². The highest BCUT2D eigenvalue weighted by molar-refractivity contribution is 5.81. The number of para-hydroxylation sites is 1. The summed E-state index contributed by atoms with van der Waals surface area (Å²) in [6, 6.07) is 14.4. The number of amides is 1. The van der Waals surface area contributed by atoms with Crippen LogP contribution in [0.5, 0.6) is 5.75 Å². The van der Waals surface area contributed by atoms with Crippen LogP contribution in [0.3, 0.4) is 0 Å². The van der Waals surface area contributed by atoms with Gasteiger partial charge in [-0.25, -0.2) is 0 Å². The SMILES string of the molecule is CCc1ccccc1O[C@H](C)C(=O)N1CCN(c2cccc(C)c2C)CC1. The first-order valence-corrected chi connectivity index (χ1v) is 9.85. The van der Waals surface area contributed by atoms with Crippen molar-refractivity contribution in [3.05, 3.63) is 59.2 Å². The van der Waals surface area contributed by atoms with E-state index >= 15 is 0 Å². The Hall–Kier alpha value is -2.49. The molecule has 1 aliphatic rings. The van der Waals surface area contributed by atoms with E-state index in [9.17, 15) is 4.79 Å². The third-order valence-electron chi connectivity index (χ3n) is 5.51. The summed E-state index contributed by atoms with van der Waals surface area (Å²) in [5, 5.41) is 0. The van der Waals surface area contributed by atoms with E-state index in [4.69, 9.17) is 4.74 Å². The van der Waals surface area contributed by atoms with Crippen LogP contribution < -0.4 is 9.64 Å². The molecule has 1 saturated heterocycles. The predicted molar refractivity (Wildman–Crippen MR) is 111 cm³/mol. The number of carbonyl (C=O) groups excluding carboxylic acids is 1. The summed E-state index contributed by atoms with van der Waals surface area (Å²) >= 11 is 0. The maximum Gasteiger partial charge on any atom is 0.263 e. The van der Waals surface area contributed by atoms with Crippen molar-refractivity contribution in [1.29, 1.82) is 0 Å². The number of hydrogen-bond acceptors (Lipinski definition) is 3. The van der Waals surface area contributed by atoms with Gasteiger partial charge in [0, 0.05) is 31.9 Å². The van der Waals surface area contributed by atoms with Crippen LogP contribution >= 0.6 is 0 Å². The lowest BCUT2D eigenvalue weighted by Gasteiger charge is -2.38. The van der Waals surface area contributed by atoms with Crippen LogP contribution in [0.4, 0.5) is 5.69 Å². The molecular weight excluding hydrogens is 336 g/mol. The fourth-order valence-corrected chi connectivity index (χ4v) is 3.65. The summed E-state index contributed by atoms with van der Waals surface area (Å²) < 4.78 is 5.99. The lowest BCUT2D eigenvalue weighted by atomic mass is 10.1. The molecule has 2 aromatic rings. The maximum absolute atomic E-state index is 12.8. The smallest absolute Gasteiger partial charge is 0.263 e. The van der Waals surface area contributed by atoms with Crippen molar-refractivity contribution in [2.75, 3.05) is 31.1 Å². The van der Waals surface area contributed by atoms with Crippen LogP contribution in [0.15, 0.2) is 42.5 Å². The number of nitrogens with zero attached hydrogens (tertiary/aromatic N) is 2. The molecule has 1 amide bonds. The van der Waals surface area contributed by atoms with E-state index < -0.39 is 6.10 Å². The van der Waals surface area contributed by atoms with Crippen LogP contribution in [0.25, 0.3) is 0 Å². The van der Waals surface area contributed by atoms with E-state index in [0.717, 1.165) is 43.9 Å². The predicted octanol–water partition coefficient (Wildman–Crippen LogP) is 3.98. The number of carbonyl (C=O) groups is 1. The van der Waals surface area contributed by atoms with Crippen molar-refractivity contribution < 1.29 is 9.53 Å². The summed E-state index contributed by atoms with van der Waals surface area (Å²) in [5.74, 6) is 0.886. The van der Waals surface area contributed by atoms with Crippen molar-refractivity contribution in [3.8, 4) is 5.75 Å². The Morgan fingerprint density at radius 2 is 1.74 bits per heavy atom. The van der Waals surface area contributed by atoms with Crippen LogP contribution in [0.1, 0.15) is 30.5 Å². The van der Waals surface area contributed by atoms with Gasteiger partial charge in [-0.2, -0.15) is 0 Å². The monoisotopic (exact) mass is 366 g/mol. The van der Waals surface area contributed by atoms with E-state index in [1.54, 1.807) is 0 Å². The molecule has 4 heteroatoms. The van der Waals surface area contributed by atoms with Crippen LogP contribution in [0.2, 0.25) is 0 Å². The minimum absolute atomic E-state index is 0.0709. The summed E-state index contributed by atoms with van der Waals surface area (Å²) in [7, 11) is 0. The molecule has 3 rings (SSSR count). The third-order valence-corrected chi connectivity index (χ3v) is 5.51. The topological polar surface area (TPSA) is 32.8 Å². The van der Waals surface area contributed by atoms with Crippen molar-refractivity contribution in [3.63, 3.8) is 0 Å². The molecule has 0 radical (unpaired) electrons. The first-order valence-electron chi connectivity index (χ1n) is 9.85. The Morgan fingerprint density at radius 1 is 1.04 bits per heavy atom. The van der Waals surface area contributed by atoms with Gasteiger partial charge in [-0.3, -0.25) is 4.79 Å². The lowest BCUT2D eigenvalue weighted by molar-refractivity contribution is -0.138. The second-order valence-corrected chi connectivity index (χ2v) is 7.25. The highest BCUT2D eigenvalue weighted by Gasteiger charge is 2.27. The molecule has 0 saturated carbocycles.